The molecule has 0 aromatic rings. The van der Waals surface area contributed by atoms with Gasteiger partial charge >= 0.3 is 0 Å². The molecule has 1 aliphatic heterocycles. The first kappa shape index (κ1) is 12.9. The average Bonchev–Trinajstić information content (AvgIpc) is 2.30. The summed E-state index contributed by atoms with van der Waals surface area (Å²) >= 11 is 0. The van der Waals surface area contributed by atoms with Gasteiger partial charge < -0.3 is 15.0 Å². The molecule has 0 aromatic heterocycles. The van der Waals surface area contributed by atoms with Crippen LogP contribution in [0.2, 0.25) is 0 Å². The summed E-state index contributed by atoms with van der Waals surface area (Å²) in [6.45, 7) is 7.62. The van der Waals surface area contributed by atoms with Crippen molar-refractivity contribution in [2.75, 3.05) is 39.9 Å². The first-order chi connectivity index (χ1) is 7.34. The summed E-state index contributed by atoms with van der Waals surface area (Å²) in [5.74, 6) is 0. The minimum Gasteiger partial charge on any atom is -0.381 e. The summed E-state index contributed by atoms with van der Waals surface area (Å²) in [5, 5.41) is 3.44. The van der Waals surface area contributed by atoms with Gasteiger partial charge in [-0.05, 0) is 52.4 Å². The second-order valence-electron chi connectivity index (χ2n) is 4.43. The Bertz CT molecular complexity index is 147. The molecule has 1 fully saturated rings. The van der Waals surface area contributed by atoms with Crippen molar-refractivity contribution in [1.29, 1.82) is 0 Å². The molecule has 0 atom stereocenters. The van der Waals surface area contributed by atoms with Crippen LogP contribution >= 0.6 is 0 Å². The fourth-order valence-corrected chi connectivity index (χ4v) is 2.06. The molecule has 0 aromatic carbocycles. The molecule has 1 heterocycles. The lowest BCUT2D eigenvalue weighted by Crippen LogP contribution is -2.38. The fourth-order valence-electron chi connectivity index (χ4n) is 2.06. The zero-order valence-corrected chi connectivity index (χ0v) is 10.3. The van der Waals surface area contributed by atoms with Gasteiger partial charge in [0.25, 0.3) is 0 Å². The predicted molar refractivity (Wildman–Crippen MR) is 64.2 cm³/mol. The SMILES string of the molecule is CCCNCCCN(C)C1CCOCC1. The van der Waals surface area contributed by atoms with Crippen molar-refractivity contribution in [2.45, 2.75) is 38.6 Å². The topological polar surface area (TPSA) is 24.5 Å². The van der Waals surface area contributed by atoms with E-state index in [-0.39, 0.29) is 0 Å². The lowest BCUT2D eigenvalue weighted by atomic mass is 10.1. The first-order valence-electron chi connectivity index (χ1n) is 6.33. The molecule has 15 heavy (non-hydrogen) atoms. The first-order valence-corrected chi connectivity index (χ1v) is 6.33. The number of nitrogens with zero attached hydrogens (tertiary/aromatic N) is 1. The highest BCUT2D eigenvalue weighted by Crippen LogP contribution is 2.12. The Balaban J connectivity index is 1.99. The van der Waals surface area contributed by atoms with Gasteiger partial charge in [-0.1, -0.05) is 6.92 Å². The van der Waals surface area contributed by atoms with Crippen LogP contribution in [0.3, 0.4) is 0 Å². The van der Waals surface area contributed by atoms with Gasteiger partial charge in [0.1, 0.15) is 0 Å². The van der Waals surface area contributed by atoms with Gasteiger partial charge in [0.2, 0.25) is 0 Å². The molecule has 90 valence electrons. The van der Waals surface area contributed by atoms with Gasteiger partial charge in [-0.2, -0.15) is 0 Å². The maximum absolute atomic E-state index is 5.37. The third-order valence-corrected chi connectivity index (χ3v) is 3.11. The maximum Gasteiger partial charge on any atom is 0.0480 e. The van der Waals surface area contributed by atoms with E-state index in [0.717, 1.165) is 32.3 Å². The van der Waals surface area contributed by atoms with E-state index in [1.165, 1.54) is 32.2 Å². The molecule has 1 rings (SSSR count). The summed E-state index contributed by atoms with van der Waals surface area (Å²) in [7, 11) is 2.25. The van der Waals surface area contributed by atoms with E-state index in [1.54, 1.807) is 0 Å². The zero-order valence-electron chi connectivity index (χ0n) is 10.3. The third kappa shape index (κ3) is 5.50. The van der Waals surface area contributed by atoms with Crippen LogP contribution < -0.4 is 5.32 Å². The molecule has 3 heteroatoms. The van der Waals surface area contributed by atoms with Crippen LogP contribution in [0.1, 0.15) is 32.6 Å². The van der Waals surface area contributed by atoms with Crippen molar-refractivity contribution in [3.05, 3.63) is 0 Å². The number of rotatable bonds is 7. The Labute approximate surface area is 94.2 Å². The van der Waals surface area contributed by atoms with Crippen molar-refractivity contribution < 1.29 is 4.74 Å². The van der Waals surface area contributed by atoms with Crippen molar-refractivity contribution in [2.24, 2.45) is 0 Å². The quantitative estimate of drug-likeness (QED) is 0.650. The minimum atomic E-state index is 0.755. The van der Waals surface area contributed by atoms with Crippen molar-refractivity contribution in [3.8, 4) is 0 Å². The molecule has 0 saturated carbocycles. The molecule has 0 bridgehead atoms. The lowest BCUT2D eigenvalue weighted by Gasteiger charge is -2.31. The fraction of sp³-hybridized carbons (Fsp3) is 1.00. The van der Waals surface area contributed by atoms with Gasteiger partial charge in [-0.25, -0.2) is 0 Å². The van der Waals surface area contributed by atoms with Gasteiger partial charge in [0, 0.05) is 19.3 Å². The molecule has 0 aliphatic carbocycles. The summed E-state index contributed by atoms with van der Waals surface area (Å²) < 4.78 is 5.37. The van der Waals surface area contributed by atoms with Gasteiger partial charge in [-0.3, -0.25) is 0 Å². The van der Waals surface area contributed by atoms with Crippen LogP contribution in [-0.4, -0.2) is 50.8 Å². The van der Waals surface area contributed by atoms with Crippen molar-refractivity contribution in [3.63, 3.8) is 0 Å². The van der Waals surface area contributed by atoms with Crippen LogP contribution in [0.4, 0.5) is 0 Å². The Morgan fingerprint density at radius 2 is 2.00 bits per heavy atom. The minimum absolute atomic E-state index is 0.755. The molecular weight excluding hydrogens is 188 g/mol. The standard InChI is InChI=1S/C12H26N2O/c1-3-7-13-8-4-9-14(2)12-5-10-15-11-6-12/h12-13H,3-11H2,1-2H3. The van der Waals surface area contributed by atoms with E-state index in [4.69, 9.17) is 4.74 Å². The highest BCUT2D eigenvalue weighted by Gasteiger charge is 2.17. The summed E-state index contributed by atoms with van der Waals surface area (Å²) in [4.78, 5) is 2.50. The van der Waals surface area contributed by atoms with E-state index >= 15 is 0 Å². The van der Waals surface area contributed by atoms with Crippen molar-refractivity contribution in [1.82, 2.24) is 10.2 Å². The average molecular weight is 214 g/mol. The third-order valence-electron chi connectivity index (χ3n) is 3.11. The summed E-state index contributed by atoms with van der Waals surface area (Å²) in [6.07, 6.45) is 4.90. The van der Waals surface area contributed by atoms with E-state index in [0.29, 0.717) is 0 Å². The number of ether oxygens (including phenoxy) is 1. The molecule has 3 nitrogen and oxygen atoms in total. The second-order valence-corrected chi connectivity index (χ2v) is 4.43. The molecule has 1 aliphatic rings. The largest absolute Gasteiger partial charge is 0.381 e. The number of hydrogen-bond donors (Lipinski definition) is 1. The molecular formula is C12H26N2O. The summed E-state index contributed by atoms with van der Waals surface area (Å²) in [5.41, 5.74) is 0. The molecule has 1 N–H and O–H groups in total. The van der Waals surface area contributed by atoms with Crippen LogP contribution in [-0.2, 0) is 4.74 Å². The van der Waals surface area contributed by atoms with Gasteiger partial charge in [0.05, 0.1) is 0 Å². The normalized spacial score (nSPS) is 18.6. The number of hydrogen-bond acceptors (Lipinski definition) is 3. The van der Waals surface area contributed by atoms with Gasteiger partial charge in [0.15, 0.2) is 0 Å². The maximum atomic E-state index is 5.37. The lowest BCUT2D eigenvalue weighted by molar-refractivity contribution is 0.0428. The van der Waals surface area contributed by atoms with E-state index in [2.05, 4.69) is 24.2 Å². The molecule has 1 saturated heterocycles. The summed E-state index contributed by atoms with van der Waals surface area (Å²) in [6, 6.07) is 0.755. The van der Waals surface area contributed by atoms with E-state index < -0.39 is 0 Å². The zero-order chi connectivity index (χ0) is 10.9. The molecule has 0 amide bonds. The monoisotopic (exact) mass is 214 g/mol. The Kier molecular flexibility index (Phi) is 6.98. The van der Waals surface area contributed by atoms with Crippen LogP contribution in [0.25, 0.3) is 0 Å². The van der Waals surface area contributed by atoms with E-state index in [9.17, 15) is 0 Å². The second kappa shape index (κ2) is 8.08. The van der Waals surface area contributed by atoms with E-state index in [1.807, 2.05) is 0 Å². The molecule has 0 radical (unpaired) electrons. The molecule has 0 spiro atoms. The molecule has 0 unspecified atom stereocenters. The predicted octanol–water partition coefficient (Wildman–Crippen LogP) is 1.49. The van der Waals surface area contributed by atoms with Crippen LogP contribution in [0, 0.1) is 0 Å². The van der Waals surface area contributed by atoms with Crippen LogP contribution in [0.15, 0.2) is 0 Å². The Morgan fingerprint density at radius 3 is 2.67 bits per heavy atom. The van der Waals surface area contributed by atoms with Crippen LogP contribution in [0.5, 0.6) is 0 Å². The number of nitrogens with one attached hydrogen (secondary N) is 1. The smallest absolute Gasteiger partial charge is 0.0480 e. The highest BCUT2D eigenvalue weighted by atomic mass is 16.5. The highest BCUT2D eigenvalue weighted by molar-refractivity contribution is 4.71. The van der Waals surface area contributed by atoms with Gasteiger partial charge in [-0.15, -0.1) is 0 Å². The van der Waals surface area contributed by atoms with Crippen molar-refractivity contribution >= 4 is 0 Å². The Hall–Kier alpha value is -0.120. The Morgan fingerprint density at radius 1 is 1.27 bits per heavy atom.